The summed E-state index contributed by atoms with van der Waals surface area (Å²) in [7, 11) is 0. The molecule has 2 rings (SSSR count). The second-order valence-electron chi connectivity index (χ2n) is 6.03. The zero-order valence-electron chi connectivity index (χ0n) is 14.8. The van der Waals surface area contributed by atoms with Crippen molar-refractivity contribution in [2.24, 2.45) is 0 Å². The number of thioether (sulfide) groups is 1. The first-order valence-electron chi connectivity index (χ1n) is 7.93. The van der Waals surface area contributed by atoms with Crippen LogP contribution in [0.2, 0.25) is 0 Å². The van der Waals surface area contributed by atoms with E-state index < -0.39 is 0 Å². The van der Waals surface area contributed by atoms with Crippen molar-refractivity contribution in [2.75, 3.05) is 18.9 Å². The first-order chi connectivity index (χ1) is 10.8. The molecule has 0 saturated carbocycles. The van der Waals surface area contributed by atoms with E-state index in [2.05, 4.69) is 34.6 Å². The summed E-state index contributed by atoms with van der Waals surface area (Å²) in [6, 6.07) is 0. The van der Waals surface area contributed by atoms with Crippen LogP contribution >= 0.6 is 11.8 Å². The smallest absolute Gasteiger partial charge is 0.325 e. The Morgan fingerprint density at radius 3 is 2.13 bits per heavy atom. The lowest BCUT2D eigenvalue weighted by Crippen LogP contribution is -2.35. The number of esters is 1. The Hall–Kier alpha value is -1.49. The average Bonchev–Trinajstić information content (AvgIpc) is 2.85. The van der Waals surface area contributed by atoms with Crippen molar-refractivity contribution in [2.45, 2.75) is 46.9 Å². The van der Waals surface area contributed by atoms with Gasteiger partial charge in [-0.25, -0.2) is 0 Å². The summed E-state index contributed by atoms with van der Waals surface area (Å²) >= 11 is 1.59. The molecule has 1 amide bonds. The number of nitrogens with zero attached hydrogens (tertiary/aromatic N) is 1. The van der Waals surface area contributed by atoms with Crippen LogP contribution < -0.4 is 0 Å². The van der Waals surface area contributed by atoms with E-state index in [-0.39, 0.29) is 23.8 Å². The Balaban J connectivity index is 2.44. The summed E-state index contributed by atoms with van der Waals surface area (Å²) in [6.07, 6.45) is 0. The van der Waals surface area contributed by atoms with Crippen molar-refractivity contribution in [1.29, 1.82) is 0 Å². The zero-order chi connectivity index (χ0) is 17.3. The number of hydrogen-bond donors (Lipinski definition) is 0. The van der Waals surface area contributed by atoms with Gasteiger partial charge in [-0.15, -0.1) is 11.8 Å². The van der Waals surface area contributed by atoms with Gasteiger partial charge < -0.3 is 9.64 Å². The fourth-order valence-electron chi connectivity index (χ4n) is 3.11. The molecular formula is C18H25NO3S. The maximum Gasteiger partial charge on any atom is 0.325 e. The summed E-state index contributed by atoms with van der Waals surface area (Å²) in [5.74, 6) is 0.0708. The van der Waals surface area contributed by atoms with E-state index in [4.69, 9.17) is 4.74 Å². The van der Waals surface area contributed by atoms with Gasteiger partial charge in [0.25, 0.3) is 0 Å². The SMILES string of the molecule is CCOC(=O)CN1C(=O)CSC1c1c(C)c(C)c(C)c(C)c1C. The molecule has 1 aliphatic rings. The van der Waals surface area contributed by atoms with Gasteiger partial charge in [0.1, 0.15) is 11.9 Å². The topological polar surface area (TPSA) is 46.6 Å². The molecule has 1 atom stereocenters. The molecule has 1 aliphatic heterocycles. The second kappa shape index (κ2) is 6.95. The predicted octanol–water partition coefficient (Wildman–Crippen LogP) is 3.37. The Morgan fingerprint density at radius 1 is 1.09 bits per heavy atom. The van der Waals surface area contributed by atoms with Crippen LogP contribution in [0.3, 0.4) is 0 Å². The van der Waals surface area contributed by atoms with Crippen molar-refractivity contribution in [1.82, 2.24) is 4.90 Å². The minimum atomic E-state index is -0.343. The number of carbonyl (C=O) groups is 2. The Morgan fingerprint density at radius 2 is 1.61 bits per heavy atom. The highest BCUT2D eigenvalue weighted by Crippen LogP contribution is 2.43. The highest BCUT2D eigenvalue weighted by atomic mass is 32.2. The molecular weight excluding hydrogens is 310 g/mol. The van der Waals surface area contributed by atoms with Gasteiger partial charge in [-0.2, -0.15) is 0 Å². The van der Waals surface area contributed by atoms with Crippen molar-refractivity contribution in [3.05, 3.63) is 33.4 Å². The number of ether oxygens (including phenoxy) is 1. The highest BCUT2D eigenvalue weighted by Gasteiger charge is 2.36. The molecule has 5 heteroatoms. The Kier molecular flexibility index (Phi) is 5.40. The molecule has 0 radical (unpaired) electrons. The lowest BCUT2D eigenvalue weighted by Gasteiger charge is -2.28. The summed E-state index contributed by atoms with van der Waals surface area (Å²) < 4.78 is 5.02. The molecule has 0 spiro atoms. The predicted molar refractivity (Wildman–Crippen MR) is 93.7 cm³/mol. The summed E-state index contributed by atoms with van der Waals surface area (Å²) in [4.78, 5) is 25.8. The molecule has 4 nitrogen and oxygen atoms in total. The Bertz CT molecular complexity index is 625. The van der Waals surface area contributed by atoms with Crippen LogP contribution in [-0.4, -0.2) is 35.7 Å². The van der Waals surface area contributed by atoms with Gasteiger partial charge in [-0.05, 0) is 74.9 Å². The van der Waals surface area contributed by atoms with E-state index in [1.807, 2.05) is 0 Å². The van der Waals surface area contributed by atoms with E-state index in [1.54, 1.807) is 23.6 Å². The summed E-state index contributed by atoms with van der Waals surface area (Å²) in [5.41, 5.74) is 7.43. The van der Waals surface area contributed by atoms with E-state index in [1.165, 1.54) is 33.4 Å². The number of amides is 1. The molecule has 1 fully saturated rings. The zero-order valence-corrected chi connectivity index (χ0v) is 15.6. The molecule has 0 aromatic heterocycles. The highest BCUT2D eigenvalue weighted by molar-refractivity contribution is 8.00. The third-order valence-electron chi connectivity index (χ3n) is 4.88. The first-order valence-corrected chi connectivity index (χ1v) is 8.98. The fraction of sp³-hybridized carbons (Fsp3) is 0.556. The van der Waals surface area contributed by atoms with Crippen molar-refractivity contribution < 1.29 is 14.3 Å². The van der Waals surface area contributed by atoms with E-state index in [0.29, 0.717) is 12.4 Å². The molecule has 23 heavy (non-hydrogen) atoms. The third kappa shape index (κ3) is 3.25. The van der Waals surface area contributed by atoms with Crippen LogP contribution in [0.1, 0.15) is 45.7 Å². The molecule has 1 saturated heterocycles. The molecule has 1 aromatic rings. The Labute approximate surface area is 142 Å². The van der Waals surface area contributed by atoms with Gasteiger partial charge in [0.15, 0.2) is 0 Å². The number of hydrogen-bond acceptors (Lipinski definition) is 4. The van der Waals surface area contributed by atoms with Crippen LogP contribution in [0.5, 0.6) is 0 Å². The molecule has 1 unspecified atom stereocenters. The van der Waals surface area contributed by atoms with Gasteiger partial charge in [-0.3, -0.25) is 9.59 Å². The normalized spacial score (nSPS) is 17.7. The maximum absolute atomic E-state index is 12.3. The minimum absolute atomic E-state index is 0.00253. The fourth-order valence-corrected chi connectivity index (χ4v) is 4.47. The van der Waals surface area contributed by atoms with Crippen LogP contribution in [0, 0.1) is 34.6 Å². The minimum Gasteiger partial charge on any atom is -0.465 e. The maximum atomic E-state index is 12.3. The van der Waals surface area contributed by atoms with Gasteiger partial charge in [0.05, 0.1) is 12.4 Å². The van der Waals surface area contributed by atoms with Crippen LogP contribution in [0.4, 0.5) is 0 Å². The monoisotopic (exact) mass is 335 g/mol. The average molecular weight is 335 g/mol. The molecule has 126 valence electrons. The second-order valence-corrected chi connectivity index (χ2v) is 7.10. The molecule has 0 bridgehead atoms. The first kappa shape index (κ1) is 17.9. The largest absolute Gasteiger partial charge is 0.465 e. The van der Waals surface area contributed by atoms with E-state index in [0.717, 1.165) is 0 Å². The lowest BCUT2D eigenvalue weighted by molar-refractivity contribution is -0.148. The van der Waals surface area contributed by atoms with Gasteiger partial charge in [0, 0.05) is 0 Å². The standard InChI is InChI=1S/C18H25NO3S/c1-7-22-16(21)8-19-15(20)9-23-18(19)17-13(5)11(3)10(2)12(4)14(17)6/h18H,7-9H2,1-6H3. The number of carbonyl (C=O) groups excluding carboxylic acids is 2. The van der Waals surface area contributed by atoms with Crippen molar-refractivity contribution in [3.63, 3.8) is 0 Å². The van der Waals surface area contributed by atoms with E-state index in [9.17, 15) is 9.59 Å². The van der Waals surface area contributed by atoms with Crippen molar-refractivity contribution >= 4 is 23.6 Å². The van der Waals surface area contributed by atoms with Gasteiger partial charge >= 0.3 is 5.97 Å². The van der Waals surface area contributed by atoms with Crippen LogP contribution in [0.15, 0.2) is 0 Å². The van der Waals surface area contributed by atoms with Gasteiger partial charge in [-0.1, -0.05) is 0 Å². The third-order valence-corrected chi connectivity index (χ3v) is 6.10. The molecule has 1 heterocycles. The van der Waals surface area contributed by atoms with E-state index >= 15 is 0 Å². The van der Waals surface area contributed by atoms with Crippen LogP contribution in [0.25, 0.3) is 0 Å². The number of rotatable bonds is 4. The lowest BCUT2D eigenvalue weighted by atomic mass is 9.89. The van der Waals surface area contributed by atoms with Crippen molar-refractivity contribution in [3.8, 4) is 0 Å². The molecule has 0 N–H and O–H groups in total. The quantitative estimate of drug-likeness (QED) is 0.792. The van der Waals surface area contributed by atoms with Gasteiger partial charge in [0.2, 0.25) is 5.91 Å². The number of benzene rings is 1. The molecule has 1 aromatic carbocycles. The summed E-state index contributed by atoms with van der Waals surface area (Å²) in [6.45, 7) is 12.7. The summed E-state index contributed by atoms with van der Waals surface area (Å²) in [5, 5.41) is -0.107. The molecule has 0 aliphatic carbocycles. The van der Waals surface area contributed by atoms with Crippen LogP contribution in [-0.2, 0) is 14.3 Å².